The second-order valence-corrected chi connectivity index (χ2v) is 18.5. The highest BCUT2D eigenvalue weighted by Crippen LogP contribution is 2.18. The molecule has 0 rings (SSSR count). The topological polar surface area (TPSA) is 78.9 Å². The van der Waals surface area contributed by atoms with E-state index in [1.807, 2.05) is 6.92 Å². The summed E-state index contributed by atoms with van der Waals surface area (Å²) >= 11 is 0. The number of carbonyl (C=O) groups is 3. The van der Waals surface area contributed by atoms with Crippen LogP contribution in [0, 0.1) is 0 Å². The first-order valence-corrected chi connectivity index (χ1v) is 27.3. The van der Waals surface area contributed by atoms with Crippen molar-refractivity contribution in [2.45, 2.75) is 310 Å². The van der Waals surface area contributed by atoms with E-state index in [2.05, 4.69) is 45.1 Å². The van der Waals surface area contributed by atoms with Gasteiger partial charge in [0.2, 0.25) is 0 Å². The first kappa shape index (κ1) is 59.9. The normalized spacial score (nSPS) is 12.6. The van der Waals surface area contributed by atoms with E-state index in [1.165, 1.54) is 167 Å². The van der Waals surface area contributed by atoms with E-state index in [1.54, 1.807) is 0 Å². The minimum Gasteiger partial charge on any atom is -0.462 e. The highest BCUT2D eigenvalue weighted by atomic mass is 16.6. The second-order valence-electron chi connectivity index (χ2n) is 18.5. The fourth-order valence-corrected chi connectivity index (χ4v) is 8.10. The SMILES string of the molecule is CCCCCCCC/C=C\CCCCCCCC(=O)OCC(CC(CC)OC(=O)CCCCCCCCCCCCC)OC(=O)CCCCCCC/C=C\CCCCCCCC. The molecule has 0 N–H and O–H groups in total. The Bertz CT molecular complexity index is 1020. The van der Waals surface area contributed by atoms with E-state index in [0.29, 0.717) is 32.1 Å². The van der Waals surface area contributed by atoms with Gasteiger partial charge in [0.15, 0.2) is 0 Å². The quantitative estimate of drug-likeness (QED) is 0.0262. The molecule has 0 aliphatic carbocycles. The van der Waals surface area contributed by atoms with E-state index in [9.17, 15) is 14.4 Å². The van der Waals surface area contributed by atoms with Crippen molar-refractivity contribution in [1.82, 2.24) is 0 Å². The summed E-state index contributed by atoms with van der Waals surface area (Å²) in [5.41, 5.74) is 0. The Morgan fingerprint density at radius 1 is 0.339 bits per heavy atom. The Labute approximate surface area is 385 Å². The average molecular weight is 873 g/mol. The summed E-state index contributed by atoms with van der Waals surface area (Å²) in [5, 5.41) is 0. The van der Waals surface area contributed by atoms with E-state index >= 15 is 0 Å². The van der Waals surface area contributed by atoms with Crippen LogP contribution in [0.4, 0.5) is 0 Å². The standard InChI is InChI=1S/C56H104O6/c1-5-9-12-15-18-21-24-26-28-30-33-35-38-41-44-47-54(57)60-51-53(50-52(8-4)61-55(58)48-45-42-39-36-32-23-20-17-14-11-7-3)62-56(59)49-46-43-40-37-34-31-29-27-25-22-19-16-13-10-6-2/h26-29,52-53H,5-25,30-51H2,1-4H3/b28-26-,29-27-. The van der Waals surface area contributed by atoms with Gasteiger partial charge in [-0.15, -0.1) is 0 Å². The lowest BCUT2D eigenvalue weighted by Crippen LogP contribution is -2.31. The third-order valence-electron chi connectivity index (χ3n) is 12.3. The van der Waals surface area contributed by atoms with Crippen LogP contribution in [0.25, 0.3) is 0 Å². The third-order valence-corrected chi connectivity index (χ3v) is 12.3. The van der Waals surface area contributed by atoms with Gasteiger partial charge in [0.1, 0.15) is 18.8 Å². The molecule has 0 fully saturated rings. The Kier molecular flexibility index (Phi) is 48.2. The lowest BCUT2D eigenvalue weighted by atomic mass is 10.1. The van der Waals surface area contributed by atoms with Gasteiger partial charge in [-0.05, 0) is 77.0 Å². The van der Waals surface area contributed by atoms with Gasteiger partial charge >= 0.3 is 17.9 Å². The fourth-order valence-electron chi connectivity index (χ4n) is 8.10. The molecule has 0 radical (unpaired) electrons. The highest BCUT2D eigenvalue weighted by Gasteiger charge is 2.24. The third kappa shape index (κ3) is 45.9. The lowest BCUT2D eigenvalue weighted by Gasteiger charge is -2.23. The summed E-state index contributed by atoms with van der Waals surface area (Å²) in [7, 11) is 0. The molecule has 2 unspecified atom stereocenters. The van der Waals surface area contributed by atoms with Crippen molar-refractivity contribution in [2.24, 2.45) is 0 Å². The summed E-state index contributed by atoms with van der Waals surface area (Å²) in [4.78, 5) is 38.6. The van der Waals surface area contributed by atoms with Gasteiger partial charge in [-0.25, -0.2) is 0 Å². The molecule has 0 heterocycles. The van der Waals surface area contributed by atoms with E-state index in [0.717, 1.165) is 70.6 Å². The molecule has 0 spiro atoms. The number of ether oxygens (including phenoxy) is 3. The van der Waals surface area contributed by atoms with Crippen LogP contribution in [-0.2, 0) is 28.6 Å². The lowest BCUT2D eigenvalue weighted by molar-refractivity contribution is -0.164. The monoisotopic (exact) mass is 873 g/mol. The number of carbonyl (C=O) groups excluding carboxylic acids is 3. The van der Waals surface area contributed by atoms with Gasteiger partial charge in [0.25, 0.3) is 0 Å². The maximum Gasteiger partial charge on any atom is 0.306 e. The van der Waals surface area contributed by atoms with Gasteiger partial charge in [-0.2, -0.15) is 0 Å². The predicted molar refractivity (Wildman–Crippen MR) is 266 cm³/mol. The molecular formula is C56H104O6. The molecule has 364 valence electrons. The summed E-state index contributed by atoms with van der Waals surface area (Å²) in [6.07, 6.45) is 55.5. The zero-order valence-electron chi connectivity index (χ0n) is 41.8. The van der Waals surface area contributed by atoms with Gasteiger partial charge < -0.3 is 14.2 Å². The molecule has 0 saturated carbocycles. The van der Waals surface area contributed by atoms with Crippen LogP contribution in [0.1, 0.15) is 297 Å². The maximum atomic E-state index is 13.0. The molecule has 0 aliphatic rings. The molecular weight excluding hydrogens is 769 g/mol. The number of hydrogen-bond donors (Lipinski definition) is 0. The molecule has 0 bridgehead atoms. The van der Waals surface area contributed by atoms with E-state index in [-0.39, 0.29) is 30.6 Å². The zero-order valence-corrected chi connectivity index (χ0v) is 41.8. The molecule has 0 aliphatic heterocycles. The van der Waals surface area contributed by atoms with Crippen molar-refractivity contribution in [3.63, 3.8) is 0 Å². The zero-order chi connectivity index (χ0) is 45.2. The molecule has 2 atom stereocenters. The predicted octanol–water partition coefficient (Wildman–Crippen LogP) is 17.9. The number of unbranched alkanes of at least 4 members (excludes halogenated alkanes) is 32. The smallest absolute Gasteiger partial charge is 0.306 e. The van der Waals surface area contributed by atoms with E-state index < -0.39 is 6.10 Å². The summed E-state index contributed by atoms with van der Waals surface area (Å²) in [6, 6.07) is 0. The number of allylic oxidation sites excluding steroid dienone is 4. The first-order chi connectivity index (χ1) is 30.5. The van der Waals surface area contributed by atoms with Crippen molar-refractivity contribution in [3.8, 4) is 0 Å². The van der Waals surface area contributed by atoms with Crippen LogP contribution >= 0.6 is 0 Å². The van der Waals surface area contributed by atoms with Crippen molar-refractivity contribution >= 4 is 17.9 Å². The molecule has 0 aromatic rings. The summed E-state index contributed by atoms with van der Waals surface area (Å²) in [6.45, 7) is 8.79. The Balaban J connectivity index is 4.58. The molecule has 6 heteroatoms. The minimum atomic E-state index is -0.622. The fraction of sp³-hybridized carbons (Fsp3) is 0.875. The minimum absolute atomic E-state index is 0.00861. The van der Waals surface area contributed by atoms with Crippen molar-refractivity contribution < 1.29 is 28.6 Å². The molecule has 6 nitrogen and oxygen atoms in total. The van der Waals surface area contributed by atoms with Crippen LogP contribution in [0.5, 0.6) is 0 Å². The van der Waals surface area contributed by atoms with Crippen LogP contribution in [0.3, 0.4) is 0 Å². The summed E-state index contributed by atoms with van der Waals surface area (Å²) in [5.74, 6) is -0.696. The van der Waals surface area contributed by atoms with Gasteiger partial charge in [-0.1, -0.05) is 219 Å². The number of rotatable bonds is 49. The van der Waals surface area contributed by atoms with Crippen molar-refractivity contribution in [1.29, 1.82) is 0 Å². The van der Waals surface area contributed by atoms with Crippen molar-refractivity contribution in [3.05, 3.63) is 24.3 Å². The van der Waals surface area contributed by atoms with Crippen LogP contribution in [-0.4, -0.2) is 36.7 Å². The Morgan fingerprint density at radius 3 is 0.935 bits per heavy atom. The molecule has 0 aromatic heterocycles. The van der Waals surface area contributed by atoms with Gasteiger partial charge in [-0.3, -0.25) is 14.4 Å². The molecule has 0 saturated heterocycles. The van der Waals surface area contributed by atoms with Crippen molar-refractivity contribution in [2.75, 3.05) is 6.61 Å². The Morgan fingerprint density at radius 2 is 0.613 bits per heavy atom. The molecule has 0 aromatic carbocycles. The molecule has 0 amide bonds. The van der Waals surface area contributed by atoms with Crippen LogP contribution in [0.15, 0.2) is 24.3 Å². The second kappa shape index (κ2) is 49.9. The van der Waals surface area contributed by atoms with Crippen LogP contribution < -0.4 is 0 Å². The largest absolute Gasteiger partial charge is 0.462 e. The maximum absolute atomic E-state index is 13.0. The van der Waals surface area contributed by atoms with E-state index in [4.69, 9.17) is 14.2 Å². The summed E-state index contributed by atoms with van der Waals surface area (Å²) < 4.78 is 17.5. The number of esters is 3. The average Bonchev–Trinajstić information content (AvgIpc) is 3.27. The van der Waals surface area contributed by atoms with Crippen LogP contribution in [0.2, 0.25) is 0 Å². The van der Waals surface area contributed by atoms with Gasteiger partial charge in [0, 0.05) is 25.7 Å². The highest BCUT2D eigenvalue weighted by molar-refractivity contribution is 5.70. The van der Waals surface area contributed by atoms with Gasteiger partial charge in [0.05, 0.1) is 0 Å². The Hall–Kier alpha value is -2.11. The molecule has 62 heavy (non-hydrogen) atoms. The first-order valence-electron chi connectivity index (χ1n) is 27.3. The number of hydrogen-bond acceptors (Lipinski definition) is 6.